The van der Waals surface area contributed by atoms with E-state index in [2.05, 4.69) is 175 Å². The normalized spacial score (nSPS) is 11.9. The molecule has 289 valence electrons. The van der Waals surface area contributed by atoms with Crippen LogP contribution in [0.15, 0.2) is 176 Å². The molecule has 3 aromatic heterocycles. The Balaban J connectivity index is 0.000000263. The van der Waals surface area contributed by atoms with Crippen molar-refractivity contribution in [3.8, 4) is 61.7 Å². The zero-order valence-corrected chi connectivity index (χ0v) is 36.0. The Morgan fingerprint density at radius 2 is 1.31 bits per heavy atom. The van der Waals surface area contributed by atoms with Gasteiger partial charge in [-0.2, -0.15) is 0 Å². The number of nitrogens with zero attached hydrogens (tertiary/aromatic N) is 3. The van der Waals surface area contributed by atoms with Gasteiger partial charge >= 0.3 is 0 Å². The number of fused-ring (bicyclic) bond motifs is 2. The number of para-hydroxylation sites is 3. The molecule has 7 aromatic carbocycles. The smallest absolute Gasteiger partial charge is 0.0774 e. The van der Waals surface area contributed by atoms with Crippen LogP contribution in [0.25, 0.3) is 82.8 Å². The number of pyridine rings is 1. The Bertz CT molecular complexity index is 3060. The molecule has 10 aromatic rings. The summed E-state index contributed by atoms with van der Waals surface area (Å²) < 4.78 is 25.3. The number of thiophene rings is 1. The first-order chi connectivity index (χ1) is 29.6. The van der Waals surface area contributed by atoms with Crippen molar-refractivity contribution in [2.75, 3.05) is 0 Å². The van der Waals surface area contributed by atoms with E-state index in [1.807, 2.05) is 18.2 Å². The van der Waals surface area contributed by atoms with Crippen LogP contribution in [-0.4, -0.2) is 14.5 Å². The zero-order chi connectivity index (χ0) is 42.1. The largest absolute Gasteiger partial charge is 0.332 e. The van der Waals surface area contributed by atoms with Crippen LogP contribution < -0.4 is 0 Å². The summed E-state index contributed by atoms with van der Waals surface area (Å²) in [6, 6.07) is 61.6. The van der Waals surface area contributed by atoms with Crippen molar-refractivity contribution in [1.82, 2.24) is 14.5 Å². The first-order valence-corrected chi connectivity index (χ1v) is 20.1. The molecule has 1 radical (unpaired) electrons. The Morgan fingerprint density at radius 1 is 0.627 bits per heavy atom. The summed E-state index contributed by atoms with van der Waals surface area (Å²) in [5, 5.41) is 4.87. The van der Waals surface area contributed by atoms with Crippen LogP contribution in [0.5, 0.6) is 0 Å². The van der Waals surface area contributed by atoms with Crippen molar-refractivity contribution in [2.45, 2.75) is 27.6 Å². The Labute approximate surface area is 368 Å². The summed E-state index contributed by atoms with van der Waals surface area (Å²) >= 11 is 1.66. The summed E-state index contributed by atoms with van der Waals surface area (Å²) in [6.07, 6.45) is 1.39. The predicted octanol–water partition coefficient (Wildman–Crippen LogP) is 14.5. The second-order valence-electron chi connectivity index (χ2n) is 14.5. The van der Waals surface area contributed by atoms with Gasteiger partial charge in [-0.15, -0.1) is 41.3 Å². The van der Waals surface area contributed by atoms with Gasteiger partial charge in [-0.25, -0.2) is 0 Å². The molecule has 0 aliphatic rings. The van der Waals surface area contributed by atoms with E-state index in [1.165, 1.54) is 55.2 Å². The van der Waals surface area contributed by atoms with Crippen molar-refractivity contribution < 1.29 is 24.2 Å². The van der Waals surface area contributed by atoms with Gasteiger partial charge in [-0.05, 0) is 84.4 Å². The van der Waals surface area contributed by atoms with E-state index in [1.54, 1.807) is 29.5 Å². The molecule has 0 N–H and O–H groups in total. The SMILES string of the molecule is Cc1cc(C)c(-c2ccc3s[c-]c(-c4nc5ccccc5n4-c4c(-c5ccccc5)cccc4-c4ccccc4)c3c2)c(C)c1.[2H]C([2H])([2H])c1ccc(-c2[c-]cccc2)nc1.[Ir]. The molecule has 0 amide bonds. The van der Waals surface area contributed by atoms with E-state index in [9.17, 15) is 0 Å². The molecule has 3 heterocycles. The van der Waals surface area contributed by atoms with Crippen LogP contribution >= 0.6 is 11.3 Å². The molecule has 59 heavy (non-hydrogen) atoms. The van der Waals surface area contributed by atoms with Crippen LogP contribution in [0, 0.1) is 39.1 Å². The van der Waals surface area contributed by atoms with E-state index in [0.717, 1.165) is 50.5 Å². The third kappa shape index (κ3) is 7.98. The molecular formula is C54H41IrN3S-2. The second-order valence-corrected chi connectivity index (χ2v) is 15.3. The van der Waals surface area contributed by atoms with Gasteiger partial charge < -0.3 is 9.55 Å². The summed E-state index contributed by atoms with van der Waals surface area (Å²) in [5.74, 6) is 0.900. The minimum absolute atomic E-state index is 0. The Morgan fingerprint density at radius 3 is 1.95 bits per heavy atom. The van der Waals surface area contributed by atoms with Crippen LogP contribution in [0.1, 0.15) is 26.4 Å². The summed E-state index contributed by atoms with van der Waals surface area (Å²) in [5.41, 5.74) is 17.1. The standard InChI is InChI=1S/C42H31N2S.C12H10N.Ir/c1-27-23-28(2)40(29(3)24-27)32-21-22-39-35(25-32)36(26-45-39)42-43-37-19-10-11-20-38(37)44(42)41-33(30-13-6-4-7-14-30)17-12-18-34(41)31-15-8-5-9-16-31;1-10-7-8-12(13-9-10)11-5-3-2-4-6-11;/h4-25H,1-3H3;2-5,7-9H,1H3;/q2*-1;/i;1D3;. The molecule has 0 atom stereocenters. The average Bonchev–Trinajstić information content (AvgIpc) is 3.88. The number of rotatable bonds is 6. The van der Waals surface area contributed by atoms with Crippen molar-refractivity contribution in [1.29, 1.82) is 0 Å². The molecule has 3 nitrogen and oxygen atoms in total. The van der Waals surface area contributed by atoms with Gasteiger partial charge in [0.2, 0.25) is 0 Å². The quantitative estimate of drug-likeness (QED) is 0.156. The van der Waals surface area contributed by atoms with Gasteiger partial charge in [0.05, 0.1) is 22.5 Å². The van der Waals surface area contributed by atoms with E-state index in [-0.39, 0.29) is 25.7 Å². The first kappa shape index (κ1) is 35.9. The maximum Gasteiger partial charge on any atom is 0.0774 e. The van der Waals surface area contributed by atoms with Gasteiger partial charge in [0.1, 0.15) is 0 Å². The van der Waals surface area contributed by atoms with Crippen molar-refractivity contribution in [2.24, 2.45) is 0 Å². The number of hydrogen-bond acceptors (Lipinski definition) is 3. The number of imidazole rings is 1. The summed E-state index contributed by atoms with van der Waals surface area (Å²) in [4.78, 5) is 9.46. The summed E-state index contributed by atoms with van der Waals surface area (Å²) in [6.45, 7) is 4.50. The number of aromatic nitrogens is 3. The summed E-state index contributed by atoms with van der Waals surface area (Å²) in [7, 11) is 0. The molecule has 5 heteroatoms. The van der Waals surface area contributed by atoms with Crippen molar-refractivity contribution in [3.63, 3.8) is 0 Å². The molecule has 0 saturated heterocycles. The van der Waals surface area contributed by atoms with Gasteiger partial charge in [0.25, 0.3) is 0 Å². The molecule has 0 spiro atoms. The maximum absolute atomic E-state index is 7.23. The van der Waals surface area contributed by atoms with E-state index >= 15 is 0 Å². The fourth-order valence-corrected chi connectivity index (χ4v) is 8.76. The monoisotopic (exact) mass is 959 g/mol. The third-order valence-corrected chi connectivity index (χ3v) is 11.3. The Kier molecular flexibility index (Phi) is 10.5. The topological polar surface area (TPSA) is 30.7 Å². The number of hydrogen-bond donors (Lipinski definition) is 0. The second kappa shape index (κ2) is 17.3. The van der Waals surface area contributed by atoms with Crippen molar-refractivity contribution >= 4 is 32.5 Å². The van der Waals surface area contributed by atoms with Crippen molar-refractivity contribution in [3.05, 3.63) is 210 Å². The maximum atomic E-state index is 7.23. The number of benzene rings is 7. The predicted molar refractivity (Wildman–Crippen MR) is 244 cm³/mol. The average molecular weight is 959 g/mol. The van der Waals surface area contributed by atoms with Crippen LogP contribution in [0.2, 0.25) is 0 Å². The molecule has 10 rings (SSSR count). The zero-order valence-electron chi connectivity index (χ0n) is 35.8. The molecule has 0 aliphatic heterocycles. The molecule has 0 unspecified atom stereocenters. The Hall–Kier alpha value is -6.23. The molecule has 0 saturated carbocycles. The molecule has 0 aliphatic carbocycles. The molecular weight excluding hydrogens is 915 g/mol. The minimum atomic E-state index is -2.09. The van der Waals surface area contributed by atoms with Gasteiger partial charge in [0.15, 0.2) is 0 Å². The van der Waals surface area contributed by atoms with Gasteiger partial charge in [-0.3, -0.25) is 16.3 Å². The first-order valence-electron chi connectivity index (χ1n) is 20.8. The fourth-order valence-electron chi connectivity index (χ4n) is 7.94. The fraction of sp³-hybridized carbons (Fsp3) is 0.0741. The molecule has 0 bridgehead atoms. The van der Waals surface area contributed by atoms with Gasteiger partial charge in [-0.1, -0.05) is 155 Å². The van der Waals surface area contributed by atoms with E-state index in [0.29, 0.717) is 0 Å². The molecule has 0 fully saturated rings. The van der Waals surface area contributed by atoms with Crippen LogP contribution in [0.3, 0.4) is 0 Å². The number of aryl methyl sites for hydroxylation is 4. The van der Waals surface area contributed by atoms with E-state index in [4.69, 9.17) is 9.10 Å². The minimum Gasteiger partial charge on any atom is -0.332 e. The van der Waals surface area contributed by atoms with Crippen LogP contribution in [0.4, 0.5) is 0 Å². The third-order valence-electron chi connectivity index (χ3n) is 10.4. The van der Waals surface area contributed by atoms with Crippen LogP contribution in [-0.2, 0) is 20.1 Å². The van der Waals surface area contributed by atoms with E-state index < -0.39 is 6.85 Å². The van der Waals surface area contributed by atoms with Gasteiger partial charge in [0, 0.05) is 41.5 Å².